The van der Waals surface area contributed by atoms with E-state index in [1.54, 1.807) is 11.3 Å². The van der Waals surface area contributed by atoms with Gasteiger partial charge in [-0.1, -0.05) is 0 Å². The van der Waals surface area contributed by atoms with Crippen LogP contribution in [-0.2, 0) is 4.74 Å². The maximum absolute atomic E-state index is 6.47. The number of hydrogen-bond donors (Lipinski definition) is 0. The van der Waals surface area contributed by atoms with Gasteiger partial charge in [-0.3, -0.25) is 4.98 Å². The van der Waals surface area contributed by atoms with Gasteiger partial charge in [0.05, 0.1) is 29.1 Å². The summed E-state index contributed by atoms with van der Waals surface area (Å²) in [4.78, 5) is 16.3. The van der Waals surface area contributed by atoms with E-state index in [1.807, 2.05) is 12.4 Å². The smallest absolute Gasteiger partial charge is 0.225 e. The minimum Gasteiger partial charge on any atom is -0.474 e. The maximum atomic E-state index is 6.47. The van der Waals surface area contributed by atoms with Gasteiger partial charge in [0, 0.05) is 47.3 Å². The second-order valence-electron chi connectivity index (χ2n) is 7.57. The number of pyridine rings is 2. The highest BCUT2D eigenvalue weighted by atomic mass is 79.9. The number of morpholine rings is 1. The molecule has 1 aliphatic carbocycles. The zero-order chi connectivity index (χ0) is 19.6. The molecule has 5 rings (SSSR count). The first kappa shape index (κ1) is 19.2. The SMILES string of the molecule is Brc1cnc2cc(N3CCOCC3)nc(OC3CCC(c4nccs4)CC3)c2c1. The molecule has 0 N–H and O–H groups in total. The van der Waals surface area contributed by atoms with Crippen LogP contribution in [-0.4, -0.2) is 47.4 Å². The summed E-state index contributed by atoms with van der Waals surface area (Å²) < 4.78 is 12.9. The first-order valence-electron chi connectivity index (χ1n) is 10.1. The lowest BCUT2D eigenvalue weighted by atomic mass is 9.88. The molecule has 0 aromatic carbocycles. The van der Waals surface area contributed by atoms with Gasteiger partial charge in [-0.25, -0.2) is 4.98 Å². The number of aromatic nitrogens is 3. The summed E-state index contributed by atoms with van der Waals surface area (Å²) in [6.45, 7) is 3.13. The number of hydrogen-bond acceptors (Lipinski definition) is 7. The number of halogens is 1. The number of ether oxygens (including phenoxy) is 2. The van der Waals surface area contributed by atoms with Crippen LogP contribution in [0.3, 0.4) is 0 Å². The Kier molecular flexibility index (Phi) is 5.65. The van der Waals surface area contributed by atoms with Crippen LogP contribution >= 0.6 is 27.3 Å². The third kappa shape index (κ3) is 4.25. The largest absolute Gasteiger partial charge is 0.474 e. The minimum atomic E-state index is 0.181. The van der Waals surface area contributed by atoms with Gasteiger partial charge in [-0.05, 0) is 47.7 Å². The van der Waals surface area contributed by atoms with E-state index in [2.05, 4.69) is 48.3 Å². The fraction of sp³-hybridized carbons (Fsp3) is 0.476. The zero-order valence-electron chi connectivity index (χ0n) is 16.1. The lowest BCUT2D eigenvalue weighted by Crippen LogP contribution is -2.36. The molecule has 2 aliphatic rings. The molecule has 3 aromatic heterocycles. The van der Waals surface area contributed by atoms with Crippen molar-refractivity contribution in [3.05, 3.63) is 39.4 Å². The average Bonchev–Trinajstić information content (AvgIpc) is 3.30. The van der Waals surface area contributed by atoms with Crippen molar-refractivity contribution in [1.29, 1.82) is 0 Å². The number of rotatable bonds is 4. The van der Waals surface area contributed by atoms with Gasteiger partial charge in [0.1, 0.15) is 11.9 Å². The van der Waals surface area contributed by atoms with Crippen molar-refractivity contribution in [1.82, 2.24) is 15.0 Å². The molecular weight excluding hydrogens is 452 g/mol. The van der Waals surface area contributed by atoms with E-state index in [4.69, 9.17) is 14.5 Å². The highest BCUT2D eigenvalue weighted by molar-refractivity contribution is 9.10. The summed E-state index contributed by atoms with van der Waals surface area (Å²) in [6, 6.07) is 4.11. The van der Waals surface area contributed by atoms with E-state index >= 15 is 0 Å². The summed E-state index contributed by atoms with van der Waals surface area (Å²) in [5.74, 6) is 2.17. The molecule has 4 heterocycles. The summed E-state index contributed by atoms with van der Waals surface area (Å²) in [5.41, 5.74) is 0.913. The molecule has 0 unspecified atom stereocenters. The topological polar surface area (TPSA) is 60.4 Å². The molecule has 1 saturated heterocycles. The minimum absolute atomic E-state index is 0.181. The van der Waals surface area contributed by atoms with E-state index in [1.165, 1.54) is 5.01 Å². The second kappa shape index (κ2) is 8.53. The zero-order valence-corrected chi connectivity index (χ0v) is 18.5. The lowest BCUT2D eigenvalue weighted by molar-refractivity contribution is 0.122. The van der Waals surface area contributed by atoms with Gasteiger partial charge in [0.25, 0.3) is 0 Å². The summed E-state index contributed by atoms with van der Waals surface area (Å²) in [5, 5.41) is 4.28. The Bertz CT molecular complexity index is 970. The average molecular weight is 475 g/mol. The molecule has 6 nitrogen and oxygen atoms in total. The third-order valence-corrected chi connectivity index (χ3v) is 7.06. The molecule has 0 radical (unpaired) electrons. The van der Waals surface area contributed by atoms with Crippen LogP contribution in [0.5, 0.6) is 5.88 Å². The van der Waals surface area contributed by atoms with Gasteiger partial charge >= 0.3 is 0 Å². The molecule has 1 saturated carbocycles. The number of fused-ring (bicyclic) bond motifs is 1. The van der Waals surface area contributed by atoms with E-state index in [9.17, 15) is 0 Å². The Hall–Kier alpha value is -1.77. The Labute approximate surface area is 182 Å². The Balaban J connectivity index is 1.38. The van der Waals surface area contributed by atoms with Crippen LogP contribution in [0.15, 0.2) is 34.4 Å². The number of thiazole rings is 1. The van der Waals surface area contributed by atoms with Crippen molar-refractivity contribution in [2.24, 2.45) is 0 Å². The van der Waals surface area contributed by atoms with Crippen LogP contribution in [0.25, 0.3) is 10.9 Å². The van der Waals surface area contributed by atoms with Gasteiger partial charge in [0.2, 0.25) is 5.88 Å². The molecule has 2 fully saturated rings. The highest BCUT2D eigenvalue weighted by Gasteiger charge is 2.26. The van der Waals surface area contributed by atoms with Gasteiger partial charge in [-0.2, -0.15) is 4.98 Å². The maximum Gasteiger partial charge on any atom is 0.225 e. The molecule has 0 atom stereocenters. The van der Waals surface area contributed by atoms with Crippen molar-refractivity contribution in [2.75, 3.05) is 31.2 Å². The second-order valence-corrected chi connectivity index (χ2v) is 9.41. The van der Waals surface area contributed by atoms with Crippen LogP contribution in [0.4, 0.5) is 5.82 Å². The molecule has 152 valence electrons. The lowest BCUT2D eigenvalue weighted by Gasteiger charge is -2.30. The summed E-state index contributed by atoms with van der Waals surface area (Å²) in [7, 11) is 0. The van der Waals surface area contributed by atoms with Crippen LogP contribution in [0.1, 0.15) is 36.6 Å². The molecule has 29 heavy (non-hydrogen) atoms. The van der Waals surface area contributed by atoms with E-state index in [0.717, 1.165) is 73.2 Å². The Morgan fingerprint density at radius 2 is 1.93 bits per heavy atom. The van der Waals surface area contributed by atoms with E-state index < -0.39 is 0 Å². The molecule has 0 spiro atoms. The molecule has 8 heteroatoms. The quantitative estimate of drug-likeness (QED) is 0.541. The van der Waals surface area contributed by atoms with Crippen molar-refractivity contribution in [3.8, 4) is 5.88 Å². The van der Waals surface area contributed by atoms with Crippen molar-refractivity contribution in [2.45, 2.75) is 37.7 Å². The predicted octanol–water partition coefficient (Wildman–Crippen LogP) is 4.79. The molecule has 0 bridgehead atoms. The van der Waals surface area contributed by atoms with Crippen molar-refractivity contribution in [3.63, 3.8) is 0 Å². The Morgan fingerprint density at radius 3 is 2.69 bits per heavy atom. The Morgan fingerprint density at radius 1 is 1.10 bits per heavy atom. The molecule has 0 amide bonds. The van der Waals surface area contributed by atoms with E-state index in [-0.39, 0.29) is 6.10 Å². The molecule has 1 aliphatic heterocycles. The number of anilines is 1. The van der Waals surface area contributed by atoms with Crippen molar-refractivity contribution >= 4 is 44.0 Å². The predicted molar refractivity (Wildman–Crippen MR) is 118 cm³/mol. The van der Waals surface area contributed by atoms with Crippen LogP contribution in [0, 0.1) is 0 Å². The van der Waals surface area contributed by atoms with Crippen LogP contribution in [0.2, 0.25) is 0 Å². The van der Waals surface area contributed by atoms with Crippen molar-refractivity contribution < 1.29 is 9.47 Å². The summed E-state index contributed by atoms with van der Waals surface area (Å²) >= 11 is 5.30. The molecular formula is C21H23BrN4O2S. The fourth-order valence-corrected chi connectivity index (χ4v) is 5.26. The van der Waals surface area contributed by atoms with E-state index in [0.29, 0.717) is 11.8 Å². The third-order valence-electron chi connectivity index (χ3n) is 5.69. The fourth-order valence-electron chi connectivity index (χ4n) is 4.12. The monoisotopic (exact) mass is 474 g/mol. The van der Waals surface area contributed by atoms with Gasteiger partial charge < -0.3 is 14.4 Å². The first-order valence-corrected chi connectivity index (χ1v) is 11.8. The normalized spacial score (nSPS) is 22.7. The van der Waals surface area contributed by atoms with Gasteiger partial charge in [-0.15, -0.1) is 11.3 Å². The highest BCUT2D eigenvalue weighted by Crippen LogP contribution is 2.37. The molecule has 3 aromatic rings. The van der Waals surface area contributed by atoms with Gasteiger partial charge in [0.15, 0.2) is 0 Å². The van der Waals surface area contributed by atoms with Crippen LogP contribution < -0.4 is 9.64 Å². The standard InChI is InChI=1S/C21H23BrN4O2S/c22-15-11-17-18(24-13-15)12-19(26-6-8-27-9-7-26)25-20(17)28-16-3-1-14(2-4-16)21-23-5-10-29-21/h5,10-14,16H,1-4,6-9H2. The summed E-state index contributed by atoms with van der Waals surface area (Å²) in [6.07, 6.45) is 8.19. The number of nitrogens with zero attached hydrogens (tertiary/aromatic N) is 4. The first-order chi connectivity index (χ1) is 14.3.